The molecule has 1 aromatic heterocycles. The summed E-state index contributed by atoms with van der Waals surface area (Å²) in [6, 6.07) is 8.57. The fourth-order valence-electron chi connectivity index (χ4n) is 2.22. The van der Waals surface area contributed by atoms with Crippen molar-refractivity contribution in [2.24, 2.45) is 0 Å². The number of alkyl halides is 1. The Labute approximate surface area is 131 Å². The van der Waals surface area contributed by atoms with Gasteiger partial charge in [0.05, 0.1) is 11.6 Å². The van der Waals surface area contributed by atoms with Gasteiger partial charge >= 0.3 is 0 Å². The van der Waals surface area contributed by atoms with Crippen LogP contribution in [0.25, 0.3) is 10.6 Å². The number of aromatic nitrogens is 1. The molecule has 1 nitrogen and oxygen atoms in total. The van der Waals surface area contributed by atoms with E-state index in [0.717, 1.165) is 11.4 Å². The van der Waals surface area contributed by atoms with Crippen LogP contribution in [0.5, 0.6) is 0 Å². The number of hydrogen-bond donors (Lipinski definition) is 0. The molecule has 0 aliphatic carbocycles. The first kappa shape index (κ1) is 15.5. The van der Waals surface area contributed by atoms with E-state index < -0.39 is 0 Å². The Morgan fingerprint density at radius 2 is 1.85 bits per heavy atom. The first-order valence-electron chi connectivity index (χ1n) is 7.36. The smallest absolute Gasteiger partial charge is 0.123 e. The molecule has 0 aliphatic heterocycles. The van der Waals surface area contributed by atoms with E-state index in [2.05, 4.69) is 38.1 Å². The average molecular weight is 308 g/mol. The molecule has 1 heterocycles. The van der Waals surface area contributed by atoms with Crippen molar-refractivity contribution in [2.45, 2.75) is 51.8 Å². The van der Waals surface area contributed by atoms with Crippen molar-refractivity contribution in [2.75, 3.05) is 0 Å². The average Bonchev–Trinajstić information content (AvgIpc) is 2.87. The molecule has 2 aromatic rings. The highest BCUT2D eigenvalue weighted by Gasteiger charge is 2.11. The Hall–Kier alpha value is -0.860. The molecular formula is C17H22ClNS. The summed E-state index contributed by atoms with van der Waals surface area (Å²) < 4.78 is 0. The van der Waals surface area contributed by atoms with Gasteiger partial charge in [-0.15, -0.1) is 22.9 Å². The Kier molecular flexibility index (Phi) is 6.06. The van der Waals surface area contributed by atoms with Gasteiger partial charge in [0.25, 0.3) is 0 Å². The summed E-state index contributed by atoms with van der Waals surface area (Å²) in [5.41, 5.74) is 3.69. The van der Waals surface area contributed by atoms with Crippen LogP contribution in [0.15, 0.2) is 24.3 Å². The van der Waals surface area contributed by atoms with Gasteiger partial charge in [-0.1, -0.05) is 56.0 Å². The lowest BCUT2D eigenvalue weighted by Crippen LogP contribution is -1.90. The Morgan fingerprint density at radius 3 is 2.50 bits per heavy atom. The first-order chi connectivity index (χ1) is 9.74. The zero-order valence-electron chi connectivity index (χ0n) is 12.3. The molecule has 0 radical (unpaired) electrons. The van der Waals surface area contributed by atoms with Crippen molar-refractivity contribution in [3.8, 4) is 10.6 Å². The van der Waals surface area contributed by atoms with Gasteiger partial charge in [-0.3, -0.25) is 0 Å². The van der Waals surface area contributed by atoms with E-state index in [4.69, 9.17) is 16.6 Å². The van der Waals surface area contributed by atoms with Gasteiger partial charge in [0, 0.05) is 10.4 Å². The number of hydrogen-bond acceptors (Lipinski definition) is 2. The number of nitrogens with zero attached hydrogens (tertiary/aromatic N) is 1. The molecule has 0 spiro atoms. The molecule has 2 rings (SSSR count). The minimum Gasteiger partial charge on any atom is -0.241 e. The van der Waals surface area contributed by atoms with Crippen LogP contribution in [-0.4, -0.2) is 4.98 Å². The largest absolute Gasteiger partial charge is 0.241 e. The monoisotopic (exact) mass is 307 g/mol. The second-order valence-corrected chi connectivity index (χ2v) is 6.55. The van der Waals surface area contributed by atoms with Crippen LogP contribution in [0.2, 0.25) is 0 Å². The predicted molar refractivity (Wildman–Crippen MR) is 89.7 cm³/mol. The third kappa shape index (κ3) is 4.07. The lowest BCUT2D eigenvalue weighted by molar-refractivity contribution is 0.661. The maximum atomic E-state index is 6.07. The summed E-state index contributed by atoms with van der Waals surface area (Å²) in [5, 5.41) is 1.10. The van der Waals surface area contributed by atoms with Crippen molar-refractivity contribution in [3.63, 3.8) is 0 Å². The van der Waals surface area contributed by atoms with E-state index in [1.165, 1.54) is 47.4 Å². The summed E-state index contributed by atoms with van der Waals surface area (Å²) >= 11 is 7.81. The fourth-order valence-corrected chi connectivity index (χ4v) is 3.50. The summed E-state index contributed by atoms with van der Waals surface area (Å²) in [5.74, 6) is 0.576. The van der Waals surface area contributed by atoms with Gasteiger partial charge in [-0.05, 0) is 19.8 Å². The van der Waals surface area contributed by atoms with Crippen LogP contribution < -0.4 is 0 Å². The molecule has 0 atom stereocenters. The van der Waals surface area contributed by atoms with Gasteiger partial charge in [-0.2, -0.15) is 0 Å². The van der Waals surface area contributed by atoms with E-state index in [1.54, 1.807) is 11.3 Å². The highest BCUT2D eigenvalue weighted by atomic mass is 35.5. The minimum atomic E-state index is 0.576. The van der Waals surface area contributed by atoms with Crippen molar-refractivity contribution >= 4 is 22.9 Å². The van der Waals surface area contributed by atoms with Crippen LogP contribution in [0.3, 0.4) is 0 Å². The molecule has 0 unspecified atom stereocenters. The van der Waals surface area contributed by atoms with Crippen LogP contribution in [-0.2, 0) is 12.3 Å². The van der Waals surface area contributed by atoms with Gasteiger partial charge < -0.3 is 0 Å². The molecule has 108 valence electrons. The number of rotatable bonds is 7. The lowest BCUT2D eigenvalue weighted by atomic mass is 10.1. The highest BCUT2D eigenvalue weighted by Crippen LogP contribution is 2.30. The van der Waals surface area contributed by atoms with E-state index in [1.807, 2.05) is 0 Å². The zero-order valence-corrected chi connectivity index (χ0v) is 13.9. The van der Waals surface area contributed by atoms with Crippen LogP contribution in [0, 0.1) is 6.92 Å². The van der Waals surface area contributed by atoms with Crippen molar-refractivity contribution < 1.29 is 0 Å². The summed E-state index contributed by atoms with van der Waals surface area (Å²) in [4.78, 5) is 6.05. The van der Waals surface area contributed by atoms with E-state index >= 15 is 0 Å². The highest BCUT2D eigenvalue weighted by molar-refractivity contribution is 7.15. The molecule has 0 saturated heterocycles. The van der Waals surface area contributed by atoms with Crippen LogP contribution in [0.1, 0.15) is 48.7 Å². The number of unbranched alkanes of at least 4 members (excludes halogenated alkanes) is 3. The second-order valence-electron chi connectivity index (χ2n) is 5.20. The Morgan fingerprint density at radius 1 is 1.10 bits per heavy atom. The first-order valence-corrected chi connectivity index (χ1v) is 8.71. The maximum Gasteiger partial charge on any atom is 0.123 e. The Bertz CT molecular complexity index is 530. The predicted octanol–water partition coefficient (Wildman–Crippen LogP) is 5.98. The van der Waals surface area contributed by atoms with Gasteiger partial charge in [0.2, 0.25) is 0 Å². The van der Waals surface area contributed by atoms with E-state index in [-0.39, 0.29) is 0 Å². The molecule has 3 heteroatoms. The van der Waals surface area contributed by atoms with Gasteiger partial charge in [-0.25, -0.2) is 4.98 Å². The number of aryl methyl sites for hydroxylation is 2. The summed E-state index contributed by atoms with van der Waals surface area (Å²) in [7, 11) is 0. The third-order valence-electron chi connectivity index (χ3n) is 3.47. The maximum absolute atomic E-state index is 6.07. The van der Waals surface area contributed by atoms with E-state index in [0.29, 0.717) is 5.88 Å². The standard InChI is InChI=1S/C17H22ClNS/c1-3-4-5-6-7-15-16(12-18)20-17(19-15)14-10-8-13(2)9-11-14/h8-11H,3-7,12H2,1-2H3. The molecule has 0 fully saturated rings. The fraction of sp³-hybridized carbons (Fsp3) is 0.471. The SMILES string of the molecule is CCCCCCc1nc(-c2ccc(C)cc2)sc1CCl. The van der Waals surface area contributed by atoms with E-state index in [9.17, 15) is 0 Å². The number of benzene rings is 1. The quantitative estimate of drug-likeness (QED) is 0.453. The lowest BCUT2D eigenvalue weighted by Gasteiger charge is -1.99. The normalized spacial score (nSPS) is 10.9. The summed E-state index contributed by atoms with van der Waals surface area (Å²) in [6.07, 6.45) is 6.15. The van der Waals surface area contributed by atoms with Crippen molar-refractivity contribution in [1.82, 2.24) is 4.98 Å². The third-order valence-corrected chi connectivity index (χ3v) is 5.04. The van der Waals surface area contributed by atoms with Gasteiger partial charge in [0.15, 0.2) is 0 Å². The number of thiazole rings is 1. The van der Waals surface area contributed by atoms with Crippen LogP contribution in [0.4, 0.5) is 0 Å². The minimum absolute atomic E-state index is 0.576. The van der Waals surface area contributed by atoms with Crippen LogP contribution >= 0.6 is 22.9 Å². The Balaban J connectivity index is 2.11. The number of halogens is 1. The molecular weight excluding hydrogens is 286 g/mol. The van der Waals surface area contributed by atoms with Gasteiger partial charge in [0.1, 0.15) is 5.01 Å². The molecule has 0 aliphatic rings. The molecule has 0 saturated carbocycles. The molecule has 0 N–H and O–H groups in total. The molecule has 20 heavy (non-hydrogen) atoms. The molecule has 0 amide bonds. The van der Waals surface area contributed by atoms with Crippen molar-refractivity contribution in [3.05, 3.63) is 40.4 Å². The zero-order chi connectivity index (χ0) is 14.4. The van der Waals surface area contributed by atoms with Crippen molar-refractivity contribution in [1.29, 1.82) is 0 Å². The molecule has 0 bridgehead atoms. The molecule has 1 aromatic carbocycles. The topological polar surface area (TPSA) is 12.9 Å². The summed E-state index contributed by atoms with van der Waals surface area (Å²) in [6.45, 7) is 4.34. The second kappa shape index (κ2) is 7.80.